The van der Waals surface area contributed by atoms with Crippen molar-refractivity contribution in [3.63, 3.8) is 0 Å². The number of fused-ring (bicyclic) bond motifs is 2. The number of unbranched alkanes of at least 4 members (excludes halogenated alkanes) is 2. The van der Waals surface area contributed by atoms with E-state index in [1.54, 1.807) is 18.3 Å². The lowest BCUT2D eigenvalue weighted by Gasteiger charge is -2.17. The van der Waals surface area contributed by atoms with Gasteiger partial charge in [0, 0.05) is 25.7 Å². The fraction of sp³-hybridized carbons (Fsp3) is 0.542. The molecule has 2 saturated heterocycles. The zero-order chi connectivity index (χ0) is 44.7. The molecule has 6 aromatic rings. The first kappa shape index (κ1) is 44.9. The number of nitrogens with two attached hydrogens (primary N) is 2. The third kappa shape index (κ3) is 10.1. The largest absolute Gasteiger partial charge is 0.463 e. The summed E-state index contributed by atoms with van der Waals surface area (Å²) in [6.07, 6.45) is 9.83. The van der Waals surface area contributed by atoms with Gasteiger partial charge in [0.15, 0.2) is 22.9 Å². The Morgan fingerprint density at radius 2 is 1.08 bits per heavy atom. The summed E-state index contributed by atoms with van der Waals surface area (Å²) in [6, 6.07) is 15.3. The molecule has 0 amide bonds. The Labute approximate surface area is 375 Å². The van der Waals surface area contributed by atoms with Crippen molar-refractivity contribution in [2.75, 3.05) is 50.9 Å². The molecular weight excluding hydrogens is 809 g/mol. The van der Waals surface area contributed by atoms with Gasteiger partial charge in [-0.1, -0.05) is 69.2 Å². The Morgan fingerprint density at radius 1 is 0.594 bits per heavy atom. The van der Waals surface area contributed by atoms with Crippen molar-refractivity contribution >= 4 is 34.0 Å². The molecule has 342 valence electrons. The number of likely N-dealkylation sites (tertiary alicyclic amines) is 2. The molecular formula is C48H66N12O4. The third-order valence-electron chi connectivity index (χ3n) is 12.5. The van der Waals surface area contributed by atoms with Gasteiger partial charge >= 0.3 is 23.4 Å². The number of nitrogens with zero attached hydrogens (tertiary/aromatic N) is 10. The lowest BCUT2D eigenvalue weighted by molar-refractivity contribution is 0.286. The van der Waals surface area contributed by atoms with Crippen LogP contribution < -0.4 is 32.3 Å². The van der Waals surface area contributed by atoms with Gasteiger partial charge in [-0.3, -0.25) is 28.1 Å². The molecule has 64 heavy (non-hydrogen) atoms. The second-order valence-electron chi connectivity index (χ2n) is 17.9. The third-order valence-corrected chi connectivity index (χ3v) is 12.5. The van der Waals surface area contributed by atoms with Crippen LogP contribution in [0.15, 0.2) is 52.1 Å². The summed E-state index contributed by atoms with van der Waals surface area (Å²) in [5, 5.41) is 0. The summed E-state index contributed by atoms with van der Waals surface area (Å²) in [6.45, 7) is 16.1. The van der Waals surface area contributed by atoms with Crippen LogP contribution >= 0.6 is 0 Å². The number of benzene rings is 2. The Kier molecular flexibility index (Phi) is 14.3. The van der Waals surface area contributed by atoms with E-state index in [2.05, 4.69) is 76.1 Å². The fourth-order valence-electron chi connectivity index (χ4n) is 9.31. The maximum absolute atomic E-state index is 14.5. The van der Waals surface area contributed by atoms with E-state index in [4.69, 9.17) is 30.9 Å². The lowest BCUT2D eigenvalue weighted by Crippen LogP contribution is -2.26. The van der Waals surface area contributed by atoms with Gasteiger partial charge < -0.3 is 20.9 Å². The van der Waals surface area contributed by atoms with Gasteiger partial charge in [-0.2, -0.15) is 19.9 Å². The van der Waals surface area contributed by atoms with Gasteiger partial charge in [0.2, 0.25) is 0 Å². The minimum Gasteiger partial charge on any atom is -0.463 e. The molecule has 0 radical (unpaired) electrons. The molecule has 2 fully saturated rings. The van der Waals surface area contributed by atoms with Crippen LogP contribution in [-0.4, -0.2) is 87.4 Å². The molecule has 4 N–H and O–H groups in total. The van der Waals surface area contributed by atoms with Crippen LogP contribution in [0.2, 0.25) is 0 Å². The minimum atomic E-state index is -0.198. The number of anilines is 2. The molecule has 6 heterocycles. The summed E-state index contributed by atoms with van der Waals surface area (Å²) < 4.78 is 18.6. The molecule has 0 saturated carbocycles. The SMILES string of the molecule is CCCCOc1nc(N)c2c(n1)n(Cc1cccc(CN3CCCC3)c1)c(=O)n2CCCc1cc(CN2CCCC2)cc(Cn2c(=O)n(C(C)C)c3c(N)nc(OCCCC)nc32)c1. The number of rotatable bonds is 21. The summed E-state index contributed by atoms with van der Waals surface area (Å²) in [5.41, 5.74) is 20.3. The fourth-order valence-corrected chi connectivity index (χ4v) is 9.31. The predicted octanol–water partition coefficient (Wildman–Crippen LogP) is 6.52. The standard InChI is InChI=1S/C48H66N12O4/c1-5-7-23-63-45-51-41(49)39-43(53-45)58(31-36-16-13-15-35(27-36)29-55-18-9-10-19-55)47(61)57(39)22-14-17-34-25-37(30-56-20-11-12-21-56)28-38(26-34)32-59-44-40(60(33(3)4)48(59)62)42(50)52-46(54-44)64-24-8-6-2/h13,15-16,25-28,33H,5-12,14,17-24,29-32H2,1-4H3,(H2,49,51,53)(H2,50,52,54). The van der Waals surface area contributed by atoms with Gasteiger partial charge in [0.25, 0.3) is 0 Å². The second kappa shape index (κ2) is 20.4. The number of hydrogen-bond acceptors (Lipinski definition) is 12. The number of hydrogen-bond donors (Lipinski definition) is 2. The lowest BCUT2D eigenvalue weighted by atomic mass is 10.0. The molecule has 8 rings (SSSR count). The minimum absolute atomic E-state index is 0.162. The van der Waals surface area contributed by atoms with Gasteiger partial charge in [-0.05, 0) is 119 Å². The van der Waals surface area contributed by atoms with Crippen molar-refractivity contribution in [3.8, 4) is 12.0 Å². The zero-order valence-electron chi connectivity index (χ0n) is 38.2. The van der Waals surface area contributed by atoms with Crippen LogP contribution in [-0.2, 0) is 39.1 Å². The van der Waals surface area contributed by atoms with E-state index in [-0.39, 0.29) is 41.1 Å². The molecule has 0 bridgehead atoms. The summed E-state index contributed by atoms with van der Waals surface area (Å²) in [5.74, 6) is 0.442. The highest BCUT2D eigenvalue weighted by atomic mass is 16.5. The molecule has 0 spiro atoms. The molecule has 0 aliphatic carbocycles. The Bertz CT molecular complexity index is 2670. The number of ether oxygens (including phenoxy) is 2. The summed E-state index contributed by atoms with van der Waals surface area (Å²) in [4.78, 5) is 52.2. The molecule has 2 aliphatic heterocycles. The van der Waals surface area contributed by atoms with Crippen molar-refractivity contribution in [1.29, 1.82) is 0 Å². The normalized spacial score (nSPS) is 14.8. The molecule has 2 aliphatic rings. The van der Waals surface area contributed by atoms with Gasteiger partial charge in [0.05, 0.1) is 26.3 Å². The Morgan fingerprint density at radius 3 is 1.67 bits per heavy atom. The number of aryl methyl sites for hydroxylation is 2. The van der Waals surface area contributed by atoms with E-state index in [9.17, 15) is 9.59 Å². The first-order valence-electron chi connectivity index (χ1n) is 23.5. The maximum atomic E-state index is 14.5. The van der Waals surface area contributed by atoms with Crippen molar-refractivity contribution < 1.29 is 9.47 Å². The van der Waals surface area contributed by atoms with Gasteiger partial charge in [-0.25, -0.2) is 9.59 Å². The summed E-state index contributed by atoms with van der Waals surface area (Å²) >= 11 is 0. The smallest absolute Gasteiger partial charge is 0.330 e. The van der Waals surface area contributed by atoms with E-state index in [1.807, 2.05) is 13.8 Å². The predicted molar refractivity (Wildman–Crippen MR) is 252 cm³/mol. The van der Waals surface area contributed by atoms with Crippen LogP contribution in [0, 0.1) is 0 Å². The van der Waals surface area contributed by atoms with Gasteiger partial charge in [0.1, 0.15) is 11.0 Å². The first-order valence-corrected chi connectivity index (χ1v) is 23.5. The Balaban J connectivity index is 1.10. The van der Waals surface area contributed by atoms with E-state index < -0.39 is 0 Å². The average Bonchev–Trinajstić information content (AvgIpc) is 4.08. The highest BCUT2D eigenvalue weighted by Crippen LogP contribution is 2.27. The number of imidazole rings is 2. The molecule has 16 heteroatoms. The molecule has 16 nitrogen and oxygen atoms in total. The first-order chi connectivity index (χ1) is 31.1. The van der Waals surface area contributed by atoms with E-state index in [0.717, 1.165) is 81.6 Å². The summed E-state index contributed by atoms with van der Waals surface area (Å²) in [7, 11) is 0. The van der Waals surface area contributed by atoms with Crippen LogP contribution in [0.5, 0.6) is 12.0 Å². The van der Waals surface area contributed by atoms with Crippen molar-refractivity contribution in [3.05, 3.63) is 91.3 Å². The molecule has 4 aromatic heterocycles. The average molecular weight is 875 g/mol. The molecule has 2 aromatic carbocycles. The molecule has 0 unspecified atom stereocenters. The van der Waals surface area contributed by atoms with E-state index >= 15 is 0 Å². The highest BCUT2D eigenvalue weighted by Gasteiger charge is 2.24. The van der Waals surface area contributed by atoms with Crippen molar-refractivity contribution in [2.45, 2.75) is 131 Å². The van der Waals surface area contributed by atoms with E-state index in [1.165, 1.54) is 36.8 Å². The molecule has 0 atom stereocenters. The van der Waals surface area contributed by atoms with Crippen molar-refractivity contribution in [1.82, 2.24) is 48.0 Å². The highest BCUT2D eigenvalue weighted by molar-refractivity contribution is 5.84. The van der Waals surface area contributed by atoms with Crippen LogP contribution in [0.3, 0.4) is 0 Å². The van der Waals surface area contributed by atoms with Crippen molar-refractivity contribution in [2.24, 2.45) is 0 Å². The maximum Gasteiger partial charge on any atom is 0.330 e. The quantitative estimate of drug-likeness (QED) is 0.0748. The van der Waals surface area contributed by atoms with E-state index in [0.29, 0.717) is 68.0 Å². The zero-order valence-corrected chi connectivity index (χ0v) is 38.2. The van der Waals surface area contributed by atoms with Crippen LogP contribution in [0.4, 0.5) is 11.6 Å². The Hall–Kier alpha value is -5.74. The number of aromatic nitrogens is 8. The second-order valence-corrected chi connectivity index (χ2v) is 17.9. The monoisotopic (exact) mass is 875 g/mol. The van der Waals surface area contributed by atoms with Gasteiger partial charge in [-0.15, -0.1) is 0 Å². The topological polar surface area (TPSA) is 182 Å². The van der Waals surface area contributed by atoms with Crippen LogP contribution in [0.25, 0.3) is 22.3 Å². The number of nitrogen functional groups attached to an aromatic ring is 2. The van der Waals surface area contributed by atoms with Crippen LogP contribution in [0.1, 0.15) is 119 Å².